The summed E-state index contributed by atoms with van der Waals surface area (Å²) in [4.78, 5) is 2.16. The van der Waals surface area contributed by atoms with E-state index < -0.39 is 0 Å². The summed E-state index contributed by atoms with van der Waals surface area (Å²) in [7, 11) is 0. The van der Waals surface area contributed by atoms with Crippen LogP contribution in [0.3, 0.4) is 0 Å². The van der Waals surface area contributed by atoms with E-state index in [2.05, 4.69) is 15.2 Å². The summed E-state index contributed by atoms with van der Waals surface area (Å²) >= 11 is 0. The lowest BCUT2D eigenvalue weighted by molar-refractivity contribution is 0.161. The maximum absolute atomic E-state index is 12.2. The Balaban J connectivity index is 1.77. The number of halogens is 1. The molecule has 0 radical (unpaired) electrons. The van der Waals surface area contributed by atoms with E-state index in [0.29, 0.717) is 18.2 Å². The quantitative estimate of drug-likeness (QED) is 0.814. The summed E-state index contributed by atoms with van der Waals surface area (Å²) in [5.41, 5.74) is 0.611. The second-order valence-corrected chi connectivity index (χ2v) is 4.56. The third kappa shape index (κ3) is 3.47. The molecule has 0 atom stereocenters. The van der Waals surface area contributed by atoms with Crippen molar-refractivity contribution in [2.75, 3.05) is 26.3 Å². The van der Waals surface area contributed by atoms with Crippen LogP contribution in [-0.4, -0.2) is 51.3 Å². The number of hydrogen-bond donors (Lipinski definition) is 1. The van der Waals surface area contributed by atoms with E-state index >= 15 is 0 Å². The number of piperidine rings is 1. The summed E-state index contributed by atoms with van der Waals surface area (Å²) in [6.45, 7) is 3.02. The van der Waals surface area contributed by atoms with Gasteiger partial charge in [0, 0.05) is 13.1 Å². The van der Waals surface area contributed by atoms with Crippen molar-refractivity contribution in [2.45, 2.75) is 26.0 Å². The van der Waals surface area contributed by atoms with Crippen LogP contribution >= 0.6 is 0 Å². The van der Waals surface area contributed by atoms with E-state index in [1.165, 1.54) is 0 Å². The van der Waals surface area contributed by atoms with E-state index in [4.69, 9.17) is 5.11 Å². The molecular formula is C11H19FN4O. The molecule has 1 aliphatic rings. The number of nitrogens with zero attached hydrogens (tertiary/aromatic N) is 4. The highest BCUT2D eigenvalue weighted by atomic mass is 19.1. The Morgan fingerprint density at radius 2 is 2.18 bits per heavy atom. The summed E-state index contributed by atoms with van der Waals surface area (Å²) in [5, 5.41) is 16.7. The van der Waals surface area contributed by atoms with Gasteiger partial charge in [0.05, 0.1) is 12.8 Å². The highest BCUT2D eigenvalue weighted by molar-refractivity contribution is 4.89. The third-order valence-electron chi connectivity index (χ3n) is 3.30. The van der Waals surface area contributed by atoms with Crippen molar-refractivity contribution in [3.63, 3.8) is 0 Å². The second-order valence-electron chi connectivity index (χ2n) is 4.56. The van der Waals surface area contributed by atoms with Gasteiger partial charge in [-0.2, -0.15) is 0 Å². The fourth-order valence-corrected chi connectivity index (χ4v) is 2.28. The molecule has 2 heterocycles. The van der Waals surface area contributed by atoms with Gasteiger partial charge in [0.25, 0.3) is 0 Å². The number of rotatable bonds is 5. The second kappa shape index (κ2) is 6.07. The van der Waals surface area contributed by atoms with Gasteiger partial charge < -0.3 is 10.0 Å². The van der Waals surface area contributed by atoms with Crippen LogP contribution in [0.25, 0.3) is 0 Å². The fraction of sp³-hybridized carbons (Fsp3) is 0.818. The van der Waals surface area contributed by atoms with Gasteiger partial charge in [-0.3, -0.25) is 4.68 Å². The third-order valence-corrected chi connectivity index (χ3v) is 3.30. The zero-order valence-corrected chi connectivity index (χ0v) is 9.93. The molecule has 0 spiro atoms. The molecular weight excluding hydrogens is 223 g/mol. The van der Waals surface area contributed by atoms with Crippen LogP contribution in [0.4, 0.5) is 4.39 Å². The first-order valence-electron chi connectivity index (χ1n) is 6.10. The molecule has 0 bridgehead atoms. The fourth-order valence-electron chi connectivity index (χ4n) is 2.28. The topological polar surface area (TPSA) is 54.2 Å². The van der Waals surface area contributed by atoms with Crippen LogP contribution in [-0.2, 0) is 13.2 Å². The normalized spacial score (nSPS) is 18.7. The smallest absolute Gasteiger partial charge is 0.108 e. The molecule has 2 rings (SSSR count). The summed E-state index contributed by atoms with van der Waals surface area (Å²) in [6, 6.07) is 0. The molecule has 0 aliphatic carbocycles. The largest absolute Gasteiger partial charge is 0.390 e. The van der Waals surface area contributed by atoms with Crippen molar-refractivity contribution in [2.24, 2.45) is 5.92 Å². The summed E-state index contributed by atoms with van der Waals surface area (Å²) in [6.07, 6.45) is 3.94. The summed E-state index contributed by atoms with van der Waals surface area (Å²) < 4.78 is 14.0. The predicted molar refractivity (Wildman–Crippen MR) is 61.1 cm³/mol. The van der Waals surface area contributed by atoms with Gasteiger partial charge in [-0.1, -0.05) is 5.21 Å². The molecule has 0 unspecified atom stereocenters. The molecule has 0 saturated carbocycles. The van der Waals surface area contributed by atoms with Crippen molar-refractivity contribution < 1.29 is 9.50 Å². The average Bonchev–Trinajstić information content (AvgIpc) is 2.80. The predicted octanol–water partition coefficient (Wildman–Crippen LogP) is 0.452. The molecule has 96 valence electrons. The van der Waals surface area contributed by atoms with Crippen molar-refractivity contribution >= 4 is 0 Å². The van der Waals surface area contributed by atoms with Crippen molar-refractivity contribution in [1.82, 2.24) is 19.9 Å². The van der Waals surface area contributed by atoms with Crippen LogP contribution in [0.2, 0.25) is 0 Å². The number of likely N-dealkylation sites (tertiary alicyclic amines) is 1. The molecule has 0 amide bonds. The number of aliphatic hydroxyl groups excluding tert-OH is 1. The maximum atomic E-state index is 12.2. The lowest BCUT2D eigenvalue weighted by Gasteiger charge is -2.30. The number of aromatic nitrogens is 3. The molecule has 1 aromatic rings. The van der Waals surface area contributed by atoms with Crippen LogP contribution < -0.4 is 0 Å². The molecule has 1 aliphatic heterocycles. The molecule has 1 saturated heterocycles. The Morgan fingerprint density at radius 1 is 1.41 bits per heavy atom. The van der Waals surface area contributed by atoms with Gasteiger partial charge in [-0.25, -0.2) is 4.39 Å². The van der Waals surface area contributed by atoms with E-state index in [-0.39, 0.29) is 13.3 Å². The van der Waals surface area contributed by atoms with Crippen molar-refractivity contribution in [3.8, 4) is 0 Å². The molecule has 1 N–H and O–H groups in total. The van der Waals surface area contributed by atoms with Crippen molar-refractivity contribution in [3.05, 3.63) is 11.9 Å². The lowest BCUT2D eigenvalue weighted by Crippen LogP contribution is -2.36. The molecule has 5 nitrogen and oxygen atoms in total. The van der Waals surface area contributed by atoms with Crippen LogP contribution in [0.1, 0.15) is 18.5 Å². The standard InChI is InChI=1S/C11H19FN4O/c12-3-6-15-4-1-10(2-5-15)7-16-8-11(9-17)13-14-16/h8,10,17H,1-7,9H2. The Hall–Kier alpha value is -1.01. The van der Waals surface area contributed by atoms with Gasteiger partial charge in [-0.05, 0) is 31.8 Å². The summed E-state index contributed by atoms with van der Waals surface area (Å²) in [5.74, 6) is 0.583. The lowest BCUT2D eigenvalue weighted by atomic mass is 9.97. The Morgan fingerprint density at radius 3 is 2.76 bits per heavy atom. The van der Waals surface area contributed by atoms with E-state index in [1.54, 1.807) is 10.9 Å². The zero-order valence-electron chi connectivity index (χ0n) is 9.93. The minimum absolute atomic E-state index is 0.0606. The van der Waals surface area contributed by atoms with Gasteiger partial charge in [0.2, 0.25) is 0 Å². The maximum Gasteiger partial charge on any atom is 0.108 e. The van der Waals surface area contributed by atoms with Gasteiger partial charge in [-0.15, -0.1) is 5.10 Å². The van der Waals surface area contributed by atoms with E-state index in [9.17, 15) is 4.39 Å². The molecule has 0 aromatic carbocycles. The highest BCUT2D eigenvalue weighted by Gasteiger charge is 2.19. The van der Waals surface area contributed by atoms with Gasteiger partial charge in [0.1, 0.15) is 12.4 Å². The van der Waals surface area contributed by atoms with Crippen LogP contribution in [0.15, 0.2) is 6.20 Å². The van der Waals surface area contributed by atoms with Gasteiger partial charge >= 0.3 is 0 Å². The Labute approximate surface area is 100 Å². The zero-order chi connectivity index (χ0) is 12.1. The Kier molecular flexibility index (Phi) is 4.44. The van der Waals surface area contributed by atoms with Gasteiger partial charge in [0.15, 0.2) is 0 Å². The van der Waals surface area contributed by atoms with E-state index in [0.717, 1.165) is 32.5 Å². The van der Waals surface area contributed by atoms with Crippen LogP contribution in [0, 0.1) is 5.92 Å². The molecule has 1 aromatic heterocycles. The molecule has 1 fully saturated rings. The Bertz CT molecular complexity index is 336. The first-order valence-corrected chi connectivity index (χ1v) is 6.10. The minimum atomic E-state index is -0.256. The van der Waals surface area contributed by atoms with Crippen LogP contribution in [0.5, 0.6) is 0 Å². The molecule has 6 heteroatoms. The average molecular weight is 242 g/mol. The number of aliphatic hydroxyl groups is 1. The number of alkyl halides is 1. The number of hydrogen-bond acceptors (Lipinski definition) is 4. The van der Waals surface area contributed by atoms with E-state index in [1.807, 2.05) is 0 Å². The monoisotopic (exact) mass is 242 g/mol. The highest BCUT2D eigenvalue weighted by Crippen LogP contribution is 2.18. The molecule has 17 heavy (non-hydrogen) atoms. The van der Waals surface area contributed by atoms with Crippen molar-refractivity contribution in [1.29, 1.82) is 0 Å². The first-order chi connectivity index (χ1) is 8.31. The minimum Gasteiger partial charge on any atom is -0.390 e. The SMILES string of the molecule is OCc1cn(CC2CCN(CCF)CC2)nn1. The first kappa shape index (κ1) is 12.4.